The van der Waals surface area contributed by atoms with Crippen LogP contribution in [-0.4, -0.2) is 17.1 Å². The van der Waals surface area contributed by atoms with E-state index in [1.165, 1.54) is 5.08 Å². The first-order chi connectivity index (χ1) is 2.91. The number of thioether (sulfide) groups is 2. The molecule has 0 heterocycles. The van der Waals surface area contributed by atoms with Gasteiger partial charge < -0.3 is 0 Å². The first-order valence-electron chi connectivity index (χ1n) is 1.77. The molecule has 0 aliphatic carbocycles. The second-order valence-corrected chi connectivity index (χ2v) is 3.15. The molecule has 0 N–H and O–H groups in total. The van der Waals surface area contributed by atoms with E-state index in [2.05, 4.69) is 13.2 Å². The average molecular weight is 121 g/mol. The minimum atomic E-state index is 1.00. The quantitative estimate of drug-likeness (QED) is 0.413. The summed E-state index contributed by atoms with van der Waals surface area (Å²) in [7, 11) is 0. The lowest BCUT2D eigenvalue weighted by Gasteiger charge is -1.87. The molecule has 0 unspecified atom stereocenters. The largest absolute Gasteiger partial charge is 0.155 e. The molecular formula is C4H9S2. The second kappa shape index (κ2) is 5.70. The van der Waals surface area contributed by atoms with E-state index in [4.69, 9.17) is 0 Å². The standard InChI is InChI=1S/C4H9S2/c1-3-6-4-5-2/h1,3-4H2,2H3. The molecule has 0 rings (SSSR count). The Morgan fingerprint density at radius 2 is 2.33 bits per heavy atom. The van der Waals surface area contributed by atoms with Crippen LogP contribution in [0.25, 0.3) is 0 Å². The van der Waals surface area contributed by atoms with E-state index in [1.54, 1.807) is 0 Å². The van der Waals surface area contributed by atoms with Crippen LogP contribution in [0.15, 0.2) is 0 Å². The van der Waals surface area contributed by atoms with E-state index >= 15 is 0 Å². The Morgan fingerprint density at radius 1 is 1.67 bits per heavy atom. The average Bonchev–Trinajstić information content (AvgIpc) is 1.61. The minimum absolute atomic E-state index is 1.00. The molecule has 0 saturated heterocycles. The molecule has 1 radical (unpaired) electrons. The molecule has 0 aromatic carbocycles. The van der Waals surface area contributed by atoms with Crippen LogP contribution in [0.3, 0.4) is 0 Å². The van der Waals surface area contributed by atoms with Gasteiger partial charge in [0.2, 0.25) is 0 Å². The highest BCUT2D eigenvalue weighted by atomic mass is 32.2. The summed E-state index contributed by atoms with van der Waals surface area (Å²) in [5, 5.41) is 1.18. The third-order valence-corrected chi connectivity index (χ3v) is 2.24. The summed E-state index contributed by atoms with van der Waals surface area (Å²) in [5.41, 5.74) is 0. The van der Waals surface area contributed by atoms with Gasteiger partial charge in [0.05, 0.1) is 0 Å². The molecule has 0 fully saturated rings. The van der Waals surface area contributed by atoms with Gasteiger partial charge in [-0.05, 0) is 18.9 Å². The number of rotatable bonds is 3. The van der Waals surface area contributed by atoms with Crippen LogP contribution in [0.2, 0.25) is 0 Å². The van der Waals surface area contributed by atoms with Gasteiger partial charge in [-0.25, -0.2) is 0 Å². The lowest BCUT2D eigenvalue weighted by molar-refractivity contribution is 1.82. The monoisotopic (exact) mass is 121 g/mol. The molecule has 6 heavy (non-hydrogen) atoms. The fourth-order valence-electron chi connectivity index (χ4n) is 0.142. The normalized spacial score (nSPS) is 9.00. The number of hydrogen-bond donors (Lipinski definition) is 0. The molecule has 0 saturated carbocycles. The van der Waals surface area contributed by atoms with Gasteiger partial charge in [-0.1, -0.05) is 0 Å². The first-order valence-corrected chi connectivity index (χ1v) is 4.32. The Bertz CT molecular complexity index is 17.5. The second-order valence-electron chi connectivity index (χ2n) is 0.815. The highest BCUT2D eigenvalue weighted by molar-refractivity contribution is 8.15. The minimum Gasteiger partial charge on any atom is -0.155 e. The molecule has 0 aromatic heterocycles. The summed E-state index contributed by atoms with van der Waals surface area (Å²) in [6, 6.07) is 0. The van der Waals surface area contributed by atoms with Crippen molar-refractivity contribution < 1.29 is 0 Å². The summed E-state index contributed by atoms with van der Waals surface area (Å²) in [5.74, 6) is 1.00. The lowest BCUT2D eigenvalue weighted by Crippen LogP contribution is -1.66. The Morgan fingerprint density at radius 3 is 2.50 bits per heavy atom. The van der Waals surface area contributed by atoms with Gasteiger partial charge in [0.1, 0.15) is 0 Å². The summed E-state index contributed by atoms with van der Waals surface area (Å²) < 4.78 is 0. The molecule has 2 heteroatoms. The summed E-state index contributed by atoms with van der Waals surface area (Å²) in [6.07, 6.45) is 2.10. The maximum Gasteiger partial charge on any atom is 0.0389 e. The van der Waals surface area contributed by atoms with Crippen molar-refractivity contribution in [3.8, 4) is 0 Å². The van der Waals surface area contributed by atoms with Crippen molar-refractivity contribution in [1.82, 2.24) is 0 Å². The molecule has 0 spiro atoms. The maximum absolute atomic E-state index is 3.67. The first kappa shape index (κ1) is 6.70. The zero-order valence-corrected chi connectivity index (χ0v) is 5.57. The van der Waals surface area contributed by atoms with Crippen molar-refractivity contribution in [2.45, 2.75) is 0 Å². The molecule has 0 bridgehead atoms. The van der Waals surface area contributed by atoms with E-state index in [9.17, 15) is 0 Å². The van der Waals surface area contributed by atoms with Crippen LogP contribution >= 0.6 is 23.5 Å². The van der Waals surface area contributed by atoms with Gasteiger partial charge in [-0.2, -0.15) is 23.5 Å². The van der Waals surface area contributed by atoms with E-state index in [0.29, 0.717) is 0 Å². The zero-order valence-electron chi connectivity index (χ0n) is 3.94. The molecule has 0 aromatic rings. The fraction of sp³-hybridized carbons (Fsp3) is 0.750. The topological polar surface area (TPSA) is 0 Å². The van der Waals surface area contributed by atoms with Crippen molar-refractivity contribution in [3.05, 3.63) is 6.92 Å². The molecule has 0 atom stereocenters. The Kier molecular flexibility index (Phi) is 6.36. The Balaban J connectivity index is 2.34. The van der Waals surface area contributed by atoms with Gasteiger partial charge in [-0.15, -0.1) is 0 Å². The Hall–Kier alpha value is 0.700. The predicted molar refractivity (Wildman–Crippen MR) is 36.2 cm³/mol. The molecule has 0 aliphatic rings. The van der Waals surface area contributed by atoms with E-state index in [0.717, 1.165) is 5.75 Å². The van der Waals surface area contributed by atoms with Crippen LogP contribution in [0, 0.1) is 6.92 Å². The number of hydrogen-bond acceptors (Lipinski definition) is 2. The van der Waals surface area contributed by atoms with Crippen molar-refractivity contribution in [2.75, 3.05) is 17.1 Å². The van der Waals surface area contributed by atoms with Crippen LogP contribution in [0.1, 0.15) is 0 Å². The van der Waals surface area contributed by atoms with Crippen molar-refractivity contribution in [3.63, 3.8) is 0 Å². The summed E-state index contributed by atoms with van der Waals surface area (Å²) in [6.45, 7) is 3.67. The molecule has 0 amide bonds. The molecule has 37 valence electrons. The Labute approximate surface area is 48.1 Å². The summed E-state index contributed by atoms with van der Waals surface area (Å²) >= 11 is 3.71. The van der Waals surface area contributed by atoms with Crippen molar-refractivity contribution >= 4 is 23.5 Å². The molecule has 0 nitrogen and oxygen atoms in total. The fourth-order valence-corrected chi connectivity index (χ4v) is 1.28. The molecule has 0 aliphatic heterocycles. The third-order valence-electron chi connectivity index (χ3n) is 0.346. The van der Waals surface area contributed by atoms with E-state index in [1.807, 2.05) is 23.5 Å². The van der Waals surface area contributed by atoms with Gasteiger partial charge in [-0.3, -0.25) is 0 Å². The zero-order chi connectivity index (χ0) is 4.83. The van der Waals surface area contributed by atoms with Gasteiger partial charge in [0.25, 0.3) is 0 Å². The smallest absolute Gasteiger partial charge is 0.0389 e. The third kappa shape index (κ3) is 4.70. The highest BCUT2D eigenvalue weighted by Crippen LogP contribution is 2.05. The van der Waals surface area contributed by atoms with Crippen molar-refractivity contribution in [1.29, 1.82) is 0 Å². The van der Waals surface area contributed by atoms with Crippen LogP contribution < -0.4 is 0 Å². The summed E-state index contributed by atoms with van der Waals surface area (Å²) in [4.78, 5) is 0. The van der Waals surface area contributed by atoms with Crippen LogP contribution in [0.4, 0.5) is 0 Å². The van der Waals surface area contributed by atoms with Crippen LogP contribution in [-0.2, 0) is 0 Å². The molecular weight excluding hydrogens is 112 g/mol. The predicted octanol–water partition coefficient (Wildman–Crippen LogP) is 1.87. The maximum atomic E-state index is 3.67. The van der Waals surface area contributed by atoms with Gasteiger partial charge >= 0.3 is 0 Å². The van der Waals surface area contributed by atoms with Crippen molar-refractivity contribution in [2.24, 2.45) is 0 Å². The highest BCUT2D eigenvalue weighted by Gasteiger charge is 1.75. The van der Waals surface area contributed by atoms with Gasteiger partial charge in [0.15, 0.2) is 0 Å². The van der Waals surface area contributed by atoms with Gasteiger partial charge in [0, 0.05) is 5.08 Å². The van der Waals surface area contributed by atoms with Crippen LogP contribution in [0.5, 0.6) is 0 Å². The lowest BCUT2D eigenvalue weighted by atomic mass is 11.0. The van der Waals surface area contributed by atoms with E-state index in [-0.39, 0.29) is 0 Å². The van der Waals surface area contributed by atoms with E-state index < -0.39 is 0 Å². The SMILES string of the molecule is [CH2]CSCSC.